The van der Waals surface area contributed by atoms with Gasteiger partial charge in [0.2, 0.25) is 0 Å². The van der Waals surface area contributed by atoms with E-state index in [4.69, 9.17) is 42.2 Å². The first kappa shape index (κ1) is 88.7. The molecule has 3 rings (SSSR count). The van der Waals surface area contributed by atoms with Gasteiger partial charge in [-0.15, -0.1) is 0 Å². The Morgan fingerprint density at radius 1 is 0.392 bits per heavy atom. The zero-order valence-corrected chi connectivity index (χ0v) is 60.0. The van der Waals surface area contributed by atoms with Gasteiger partial charge in [-0.2, -0.15) is 0 Å². The molecule has 0 radical (unpaired) electrons. The van der Waals surface area contributed by atoms with Gasteiger partial charge >= 0.3 is 25.7 Å². The number of carbonyl (C=O) groups excluding carboxylic acids is 3. The van der Waals surface area contributed by atoms with E-state index in [1.165, 1.54) is 128 Å². The van der Waals surface area contributed by atoms with Gasteiger partial charge in [0.1, 0.15) is 98.7 Å². The summed E-state index contributed by atoms with van der Waals surface area (Å²) >= 11 is 0. The monoisotopic (exact) mass is 1410 g/mol. The van der Waals surface area contributed by atoms with Crippen molar-refractivity contribution in [3.05, 3.63) is 24.3 Å². The Balaban J connectivity index is 1.74. The number of allylic oxidation sites excluding steroid dienone is 4. The molecular formula is C72H131O24P. The third kappa shape index (κ3) is 37.4. The summed E-state index contributed by atoms with van der Waals surface area (Å²) in [5.74, 6) is -2.02. The van der Waals surface area contributed by atoms with Crippen LogP contribution in [0.1, 0.15) is 284 Å². The second kappa shape index (κ2) is 54.1. The molecule has 24 nitrogen and oxygen atoms in total. The van der Waals surface area contributed by atoms with E-state index in [1.54, 1.807) is 0 Å². The summed E-state index contributed by atoms with van der Waals surface area (Å²) in [4.78, 5) is 50.9. The van der Waals surface area contributed by atoms with E-state index in [0.717, 1.165) is 89.9 Å². The molecule has 3 aliphatic rings. The maximum atomic E-state index is 14.3. The fourth-order valence-electron chi connectivity index (χ4n) is 12.3. The molecule has 0 spiro atoms. The molecule has 18 unspecified atom stereocenters. The number of ether oxygens (including phenoxy) is 7. The number of aliphatic hydroxyl groups is 10. The largest absolute Gasteiger partial charge is 0.472 e. The molecule has 2 saturated heterocycles. The third-order valence-corrected chi connectivity index (χ3v) is 19.4. The third-order valence-electron chi connectivity index (χ3n) is 18.5. The highest BCUT2D eigenvalue weighted by molar-refractivity contribution is 7.47. The lowest BCUT2D eigenvalue weighted by molar-refractivity contribution is -0.360. The fraction of sp³-hybridized carbons (Fsp3) is 0.903. The number of esters is 3. The first-order valence-corrected chi connectivity index (χ1v) is 39.1. The zero-order valence-electron chi connectivity index (χ0n) is 59.1. The minimum absolute atomic E-state index is 0.00782. The van der Waals surface area contributed by atoms with Crippen LogP contribution in [0.3, 0.4) is 0 Å². The van der Waals surface area contributed by atoms with Crippen LogP contribution in [0.4, 0.5) is 0 Å². The van der Waals surface area contributed by atoms with E-state index in [1.807, 2.05) is 0 Å². The Morgan fingerprint density at radius 2 is 0.722 bits per heavy atom. The van der Waals surface area contributed by atoms with Gasteiger partial charge in [0, 0.05) is 19.3 Å². The average Bonchev–Trinajstić information content (AvgIpc) is 0.764. The van der Waals surface area contributed by atoms with E-state index >= 15 is 0 Å². The van der Waals surface area contributed by atoms with Crippen molar-refractivity contribution in [2.45, 2.75) is 388 Å². The molecule has 0 aromatic rings. The lowest BCUT2D eigenvalue weighted by Gasteiger charge is -2.49. The molecule has 0 amide bonds. The van der Waals surface area contributed by atoms with E-state index < -0.39 is 156 Å². The zero-order chi connectivity index (χ0) is 71.1. The minimum Gasteiger partial charge on any atom is -0.463 e. The predicted molar refractivity (Wildman–Crippen MR) is 365 cm³/mol. The molecule has 1 aliphatic carbocycles. The van der Waals surface area contributed by atoms with Crippen molar-refractivity contribution in [1.82, 2.24) is 0 Å². The van der Waals surface area contributed by atoms with Crippen LogP contribution in [0, 0.1) is 0 Å². The molecule has 0 bridgehead atoms. The summed E-state index contributed by atoms with van der Waals surface area (Å²) in [5.41, 5.74) is 0. The summed E-state index contributed by atoms with van der Waals surface area (Å²) in [5, 5.41) is 110. The highest BCUT2D eigenvalue weighted by atomic mass is 31.2. The highest BCUT2D eigenvalue weighted by Gasteiger charge is 2.58. The number of carbonyl (C=O) groups is 3. The summed E-state index contributed by atoms with van der Waals surface area (Å²) in [6.07, 6.45) is 14.0. The topological polar surface area (TPSA) is 374 Å². The Bertz CT molecular complexity index is 2110. The second-order valence-electron chi connectivity index (χ2n) is 27.0. The molecule has 2 heterocycles. The summed E-state index contributed by atoms with van der Waals surface area (Å²) in [6.45, 7) is 3.41. The molecule has 0 aromatic carbocycles. The smallest absolute Gasteiger partial charge is 0.463 e. The van der Waals surface area contributed by atoms with Gasteiger partial charge in [-0.1, -0.05) is 218 Å². The van der Waals surface area contributed by atoms with Gasteiger partial charge in [0.05, 0.1) is 13.2 Å². The lowest BCUT2D eigenvalue weighted by Crippen LogP contribution is -2.69. The lowest BCUT2D eigenvalue weighted by atomic mass is 9.84. The molecule has 18 atom stereocenters. The number of aliphatic hydroxyl groups excluding tert-OH is 10. The number of hydrogen-bond donors (Lipinski definition) is 11. The van der Waals surface area contributed by atoms with E-state index in [-0.39, 0.29) is 19.3 Å². The molecule has 11 N–H and O–H groups in total. The van der Waals surface area contributed by atoms with Crippen molar-refractivity contribution < 1.29 is 117 Å². The van der Waals surface area contributed by atoms with Crippen LogP contribution in [0.15, 0.2) is 24.3 Å². The maximum absolute atomic E-state index is 14.3. The van der Waals surface area contributed by atoms with E-state index in [9.17, 15) is 74.9 Å². The molecule has 25 heteroatoms. The Hall–Kier alpha value is -2.56. The van der Waals surface area contributed by atoms with Crippen LogP contribution in [-0.2, 0) is 61.2 Å². The Labute approximate surface area is 579 Å². The standard InChI is InChI=1S/C72H131O24P/c1-4-7-10-13-16-19-22-25-27-30-32-34-37-40-43-46-56(74)88-50-53(91-58(76)48-45-42-39-36-33-28-24-21-18-15-12-9-6-3)51-90-97(86,87)96-70-68(94-71-66(84)61(79)59(77)54(49-73)92-71)64(82)63(81)65(83)69(70)95-72-67(85)62(80)60(78)55(93-72)52-89-57(75)47-44-41-38-35-31-29-26-23-20-17-14-11-8-5-2/h28-29,31,33,53-55,59-73,77-85H,4-27,30,32,34-52H2,1-3H3,(H,86,87)/b31-29-,33-28-. The Kier molecular flexibility index (Phi) is 49.5. The van der Waals surface area contributed by atoms with Crippen molar-refractivity contribution in [1.29, 1.82) is 0 Å². The van der Waals surface area contributed by atoms with Gasteiger partial charge in [-0.3, -0.25) is 23.4 Å². The normalized spacial score (nSPS) is 27.9. The van der Waals surface area contributed by atoms with Crippen LogP contribution >= 0.6 is 7.82 Å². The predicted octanol–water partition coefficient (Wildman–Crippen LogP) is 10.1. The van der Waals surface area contributed by atoms with Crippen LogP contribution in [0.25, 0.3) is 0 Å². The van der Waals surface area contributed by atoms with Crippen molar-refractivity contribution >= 4 is 25.7 Å². The Morgan fingerprint density at radius 3 is 1.12 bits per heavy atom. The maximum Gasteiger partial charge on any atom is 0.472 e. The fourth-order valence-corrected chi connectivity index (χ4v) is 13.2. The number of hydrogen-bond acceptors (Lipinski definition) is 23. The van der Waals surface area contributed by atoms with E-state index in [0.29, 0.717) is 25.7 Å². The van der Waals surface area contributed by atoms with Crippen molar-refractivity contribution in [2.24, 2.45) is 0 Å². The molecule has 568 valence electrons. The molecular weight excluding hydrogens is 1280 g/mol. The van der Waals surface area contributed by atoms with Crippen molar-refractivity contribution in [2.75, 3.05) is 26.4 Å². The van der Waals surface area contributed by atoms with Crippen LogP contribution in [0.2, 0.25) is 0 Å². The van der Waals surface area contributed by atoms with Crippen molar-refractivity contribution in [3.8, 4) is 0 Å². The number of phosphoric ester groups is 1. The average molecular weight is 1410 g/mol. The quantitative estimate of drug-likeness (QED) is 0.00886. The molecule has 0 aromatic heterocycles. The van der Waals surface area contributed by atoms with Crippen LogP contribution in [-0.4, -0.2) is 204 Å². The number of phosphoric acid groups is 1. The summed E-state index contributed by atoms with van der Waals surface area (Å²) < 4.78 is 64.9. The number of rotatable bonds is 58. The van der Waals surface area contributed by atoms with Gasteiger partial charge in [-0.05, 0) is 70.6 Å². The van der Waals surface area contributed by atoms with Crippen LogP contribution < -0.4 is 0 Å². The SMILES string of the molecule is CCCCCCCC/C=C\CCCCCC(=O)OC(COC(=O)CCCCCCCCCCCCCCCCC)COP(=O)(O)OC1C(OC2OC(CO)C(O)C(O)C2O)C(O)C(O)C(O)C1OC1OC(COC(=O)CCCCC/C=C\CCCCCCCCC)C(O)C(O)C1O. The first-order valence-electron chi connectivity index (χ1n) is 37.6. The second-order valence-corrected chi connectivity index (χ2v) is 28.4. The molecule has 1 saturated carbocycles. The van der Waals surface area contributed by atoms with Crippen molar-refractivity contribution in [3.63, 3.8) is 0 Å². The highest BCUT2D eigenvalue weighted by Crippen LogP contribution is 2.49. The minimum atomic E-state index is -5.70. The van der Waals surface area contributed by atoms with Gasteiger partial charge < -0.3 is 89.1 Å². The van der Waals surface area contributed by atoms with E-state index in [2.05, 4.69) is 45.1 Å². The first-order chi connectivity index (χ1) is 46.8. The molecule has 97 heavy (non-hydrogen) atoms. The molecule has 2 aliphatic heterocycles. The van der Waals surface area contributed by atoms with Gasteiger partial charge in [0.25, 0.3) is 0 Å². The molecule has 3 fully saturated rings. The van der Waals surface area contributed by atoms with Crippen LogP contribution in [0.5, 0.6) is 0 Å². The van der Waals surface area contributed by atoms with Gasteiger partial charge in [-0.25, -0.2) is 4.57 Å². The summed E-state index contributed by atoms with van der Waals surface area (Å²) in [6, 6.07) is 0. The number of unbranched alkanes of at least 4 members (excludes halogenated alkanes) is 33. The van der Waals surface area contributed by atoms with Gasteiger partial charge in [0.15, 0.2) is 18.7 Å². The summed E-state index contributed by atoms with van der Waals surface area (Å²) in [7, 11) is -5.70.